The second-order valence-electron chi connectivity index (χ2n) is 4.40. The standard InChI is InChI=1S/C15H14FNO4S/c1-17-22(19,20)13-7-4-6-11(9-13)15(18)21-10-12-5-2-3-8-14(12)16/h2-9,17H,10H2,1H3. The summed E-state index contributed by atoms with van der Waals surface area (Å²) >= 11 is 0. The van der Waals surface area contributed by atoms with Gasteiger partial charge in [0.05, 0.1) is 10.5 Å². The number of hydrogen-bond donors (Lipinski definition) is 1. The van der Waals surface area contributed by atoms with E-state index in [9.17, 15) is 17.6 Å². The third-order valence-electron chi connectivity index (χ3n) is 2.97. The molecule has 116 valence electrons. The number of sulfonamides is 1. The Morgan fingerprint density at radius 3 is 2.59 bits per heavy atom. The molecule has 0 amide bonds. The number of carbonyl (C=O) groups excluding carboxylic acids is 1. The Balaban J connectivity index is 2.14. The van der Waals surface area contributed by atoms with Crippen LogP contribution in [0.3, 0.4) is 0 Å². The molecule has 0 spiro atoms. The van der Waals surface area contributed by atoms with Crippen LogP contribution in [0.15, 0.2) is 53.4 Å². The van der Waals surface area contributed by atoms with E-state index in [1.54, 1.807) is 6.07 Å². The van der Waals surface area contributed by atoms with Gasteiger partial charge in [-0.05, 0) is 31.3 Å². The lowest BCUT2D eigenvalue weighted by atomic mass is 10.2. The lowest BCUT2D eigenvalue weighted by Gasteiger charge is -2.07. The maximum atomic E-state index is 13.4. The highest BCUT2D eigenvalue weighted by molar-refractivity contribution is 7.89. The van der Waals surface area contributed by atoms with Crippen molar-refractivity contribution in [1.82, 2.24) is 4.72 Å². The van der Waals surface area contributed by atoms with Crippen LogP contribution in [0.5, 0.6) is 0 Å². The predicted octanol–water partition coefficient (Wildman–Crippen LogP) is 2.09. The fraction of sp³-hybridized carbons (Fsp3) is 0.133. The smallest absolute Gasteiger partial charge is 0.338 e. The molecule has 1 N–H and O–H groups in total. The van der Waals surface area contributed by atoms with Gasteiger partial charge in [0.2, 0.25) is 10.0 Å². The van der Waals surface area contributed by atoms with E-state index in [0.717, 1.165) is 0 Å². The van der Waals surface area contributed by atoms with Crippen molar-refractivity contribution in [2.24, 2.45) is 0 Å². The van der Waals surface area contributed by atoms with E-state index in [2.05, 4.69) is 4.72 Å². The Morgan fingerprint density at radius 1 is 1.18 bits per heavy atom. The quantitative estimate of drug-likeness (QED) is 0.855. The van der Waals surface area contributed by atoms with Gasteiger partial charge in [-0.3, -0.25) is 0 Å². The zero-order chi connectivity index (χ0) is 16.2. The number of rotatable bonds is 5. The summed E-state index contributed by atoms with van der Waals surface area (Å²) in [5, 5.41) is 0. The molecule has 0 saturated carbocycles. The third-order valence-corrected chi connectivity index (χ3v) is 4.38. The molecule has 22 heavy (non-hydrogen) atoms. The summed E-state index contributed by atoms with van der Waals surface area (Å²) in [6.45, 7) is -0.228. The SMILES string of the molecule is CNS(=O)(=O)c1cccc(C(=O)OCc2ccccc2F)c1. The minimum atomic E-state index is -3.65. The predicted molar refractivity (Wildman–Crippen MR) is 78.2 cm³/mol. The third kappa shape index (κ3) is 3.69. The monoisotopic (exact) mass is 323 g/mol. The first kappa shape index (κ1) is 16.1. The van der Waals surface area contributed by atoms with E-state index in [4.69, 9.17) is 4.74 Å². The van der Waals surface area contributed by atoms with Crippen molar-refractivity contribution >= 4 is 16.0 Å². The number of ether oxygens (including phenoxy) is 1. The van der Waals surface area contributed by atoms with Gasteiger partial charge in [-0.15, -0.1) is 0 Å². The van der Waals surface area contributed by atoms with Crippen molar-refractivity contribution in [3.8, 4) is 0 Å². The Labute approximate surface area is 127 Å². The topological polar surface area (TPSA) is 72.5 Å². The van der Waals surface area contributed by atoms with Gasteiger partial charge in [0.25, 0.3) is 0 Å². The first-order chi connectivity index (χ1) is 10.4. The number of nitrogens with one attached hydrogen (secondary N) is 1. The van der Waals surface area contributed by atoms with Crippen LogP contribution in [-0.2, 0) is 21.4 Å². The lowest BCUT2D eigenvalue weighted by molar-refractivity contribution is 0.0468. The van der Waals surface area contributed by atoms with Gasteiger partial charge in [0.1, 0.15) is 12.4 Å². The highest BCUT2D eigenvalue weighted by Gasteiger charge is 2.15. The Kier molecular flexibility index (Phi) is 4.89. The summed E-state index contributed by atoms with van der Waals surface area (Å²) in [4.78, 5) is 11.9. The van der Waals surface area contributed by atoms with Crippen LogP contribution in [0.2, 0.25) is 0 Å². The van der Waals surface area contributed by atoms with E-state index in [1.165, 1.54) is 49.5 Å². The summed E-state index contributed by atoms with van der Waals surface area (Å²) in [6.07, 6.45) is 0. The molecule has 2 rings (SSSR count). The molecule has 0 aliphatic rings. The van der Waals surface area contributed by atoms with E-state index in [0.29, 0.717) is 0 Å². The lowest BCUT2D eigenvalue weighted by Crippen LogP contribution is -2.19. The van der Waals surface area contributed by atoms with Gasteiger partial charge in [-0.2, -0.15) is 0 Å². The van der Waals surface area contributed by atoms with Gasteiger partial charge in [0.15, 0.2) is 0 Å². The minimum Gasteiger partial charge on any atom is -0.457 e. The van der Waals surface area contributed by atoms with E-state index < -0.39 is 21.8 Å². The first-order valence-electron chi connectivity index (χ1n) is 6.38. The maximum absolute atomic E-state index is 13.4. The number of carbonyl (C=O) groups is 1. The number of hydrogen-bond acceptors (Lipinski definition) is 4. The summed E-state index contributed by atoms with van der Waals surface area (Å²) < 4.78 is 44.0. The van der Waals surface area contributed by atoms with Crippen molar-refractivity contribution in [1.29, 1.82) is 0 Å². The molecule has 0 saturated heterocycles. The molecule has 2 aromatic carbocycles. The van der Waals surface area contributed by atoms with Crippen molar-refractivity contribution in [3.05, 3.63) is 65.5 Å². The normalized spacial score (nSPS) is 11.2. The van der Waals surface area contributed by atoms with Crippen molar-refractivity contribution in [2.75, 3.05) is 7.05 Å². The van der Waals surface area contributed by atoms with Crippen LogP contribution in [0.1, 0.15) is 15.9 Å². The zero-order valence-corrected chi connectivity index (χ0v) is 12.6. The molecular formula is C15H14FNO4S. The van der Waals surface area contributed by atoms with E-state index >= 15 is 0 Å². The van der Waals surface area contributed by atoms with Crippen LogP contribution < -0.4 is 4.72 Å². The molecule has 0 aromatic heterocycles. The summed E-state index contributed by atoms with van der Waals surface area (Å²) in [6, 6.07) is 11.4. The molecule has 0 unspecified atom stereocenters. The molecule has 0 aliphatic heterocycles. The second kappa shape index (κ2) is 6.67. The zero-order valence-electron chi connectivity index (χ0n) is 11.7. The molecule has 0 bridgehead atoms. The van der Waals surface area contributed by atoms with Gasteiger partial charge in [-0.1, -0.05) is 24.3 Å². The van der Waals surface area contributed by atoms with Crippen LogP contribution in [0.25, 0.3) is 0 Å². The highest BCUT2D eigenvalue weighted by Crippen LogP contribution is 2.14. The summed E-state index contributed by atoms with van der Waals surface area (Å²) in [7, 11) is -2.37. The van der Waals surface area contributed by atoms with Gasteiger partial charge >= 0.3 is 5.97 Å². The maximum Gasteiger partial charge on any atom is 0.338 e. The summed E-state index contributed by atoms with van der Waals surface area (Å²) in [5.41, 5.74) is 0.322. The molecule has 0 aliphatic carbocycles. The van der Waals surface area contributed by atoms with Gasteiger partial charge < -0.3 is 4.74 Å². The molecule has 0 fully saturated rings. The van der Waals surface area contributed by atoms with Crippen LogP contribution >= 0.6 is 0 Å². The van der Waals surface area contributed by atoms with Gasteiger partial charge in [0, 0.05) is 5.56 Å². The fourth-order valence-electron chi connectivity index (χ4n) is 1.75. The molecule has 7 heteroatoms. The number of benzene rings is 2. The van der Waals surface area contributed by atoms with Crippen molar-refractivity contribution < 1.29 is 22.3 Å². The fourth-order valence-corrected chi connectivity index (χ4v) is 2.53. The average Bonchev–Trinajstić information content (AvgIpc) is 2.54. The van der Waals surface area contributed by atoms with E-state index in [1.807, 2.05) is 0 Å². The molecular weight excluding hydrogens is 309 g/mol. The molecule has 0 atom stereocenters. The summed E-state index contributed by atoms with van der Waals surface area (Å²) in [5.74, 6) is -1.20. The van der Waals surface area contributed by atoms with Crippen LogP contribution in [0, 0.1) is 5.82 Å². The number of halogens is 1. The van der Waals surface area contributed by atoms with Crippen LogP contribution in [0.4, 0.5) is 4.39 Å². The Morgan fingerprint density at radius 2 is 1.91 bits per heavy atom. The molecule has 5 nitrogen and oxygen atoms in total. The average molecular weight is 323 g/mol. The molecule has 2 aromatic rings. The number of esters is 1. The largest absolute Gasteiger partial charge is 0.457 e. The van der Waals surface area contributed by atoms with E-state index in [-0.39, 0.29) is 22.6 Å². The first-order valence-corrected chi connectivity index (χ1v) is 7.86. The molecule has 0 heterocycles. The molecule has 0 radical (unpaired) electrons. The van der Waals surface area contributed by atoms with Gasteiger partial charge in [-0.25, -0.2) is 22.3 Å². The Hall–Kier alpha value is -2.25. The Bertz CT molecular complexity index is 790. The van der Waals surface area contributed by atoms with Crippen molar-refractivity contribution in [3.63, 3.8) is 0 Å². The van der Waals surface area contributed by atoms with Crippen LogP contribution in [-0.4, -0.2) is 21.4 Å². The highest BCUT2D eigenvalue weighted by atomic mass is 32.2. The van der Waals surface area contributed by atoms with Crippen molar-refractivity contribution in [2.45, 2.75) is 11.5 Å². The second-order valence-corrected chi connectivity index (χ2v) is 6.29. The minimum absolute atomic E-state index is 0.0460.